The van der Waals surface area contributed by atoms with Crippen molar-refractivity contribution in [2.75, 3.05) is 14.2 Å². The summed E-state index contributed by atoms with van der Waals surface area (Å²) in [5.74, 6) is -1.98. The van der Waals surface area contributed by atoms with Crippen LogP contribution in [0.3, 0.4) is 0 Å². The number of ether oxygens (including phenoxy) is 2. The van der Waals surface area contributed by atoms with E-state index in [1.807, 2.05) is 0 Å². The number of hydrogen-bond acceptors (Lipinski definition) is 5. The molecule has 0 spiro atoms. The van der Waals surface area contributed by atoms with E-state index in [1.54, 1.807) is 0 Å². The molecule has 0 N–H and O–H groups in total. The van der Waals surface area contributed by atoms with Crippen LogP contribution in [0.25, 0.3) is 0 Å². The van der Waals surface area contributed by atoms with Crippen molar-refractivity contribution in [3.63, 3.8) is 0 Å². The summed E-state index contributed by atoms with van der Waals surface area (Å²) in [6.07, 6.45) is 1.50. The van der Waals surface area contributed by atoms with Gasteiger partial charge in [-0.05, 0) is 26.2 Å². The van der Waals surface area contributed by atoms with E-state index in [1.165, 1.54) is 21.1 Å². The predicted octanol–water partition coefficient (Wildman–Crippen LogP) is 0.954. The van der Waals surface area contributed by atoms with Gasteiger partial charge in [0, 0.05) is 5.92 Å². The Kier molecular flexibility index (Phi) is 4.66. The highest BCUT2D eigenvalue weighted by atomic mass is 16.5. The van der Waals surface area contributed by atoms with Crippen LogP contribution in [-0.2, 0) is 23.9 Å². The summed E-state index contributed by atoms with van der Waals surface area (Å²) in [7, 11) is 2.59. The molecule has 0 bridgehead atoms. The Morgan fingerprint density at radius 1 is 0.941 bits per heavy atom. The average molecular weight is 242 g/mol. The van der Waals surface area contributed by atoms with E-state index in [0.29, 0.717) is 19.3 Å². The summed E-state index contributed by atoms with van der Waals surface area (Å²) < 4.78 is 9.36. The normalized spacial score (nSPS) is 28.3. The van der Waals surface area contributed by atoms with Gasteiger partial charge in [-0.2, -0.15) is 0 Å². The molecule has 0 aromatic heterocycles. The first-order valence-electron chi connectivity index (χ1n) is 5.67. The largest absolute Gasteiger partial charge is 0.469 e. The molecule has 3 unspecified atom stereocenters. The van der Waals surface area contributed by atoms with Gasteiger partial charge in [0.05, 0.1) is 26.1 Å². The first-order chi connectivity index (χ1) is 8.01. The fourth-order valence-electron chi connectivity index (χ4n) is 2.39. The molecule has 0 aromatic carbocycles. The van der Waals surface area contributed by atoms with Crippen LogP contribution in [0.2, 0.25) is 0 Å². The molecule has 96 valence electrons. The lowest BCUT2D eigenvalue weighted by molar-refractivity contribution is -0.161. The van der Waals surface area contributed by atoms with Crippen molar-refractivity contribution < 1.29 is 23.9 Å². The second kappa shape index (κ2) is 5.80. The summed E-state index contributed by atoms with van der Waals surface area (Å²) in [6, 6.07) is 0. The summed E-state index contributed by atoms with van der Waals surface area (Å²) in [4.78, 5) is 34.5. The number of methoxy groups -OCH3 is 2. The minimum absolute atomic E-state index is 0.0576. The molecular formula is C12H18O5. The third kappa shape index (κ3) is 3.05. The molecular weight excluding hydrogens is 224 g/mol. The number of carbonyl (C=O) groups is 3. The van der Waals surface area contributed by atoms with Crippen LogP contribution in [0.4, 0.5) is 0 Å². The Bertz CT molecular complexity index is 323. The number of Topliss-reactive ketones (excluding diaryl/α,β-unsaturated/α-hetero) is 1. The lowest BCUT2D eigenvalue weighted by Gasteiger charge is -2.31. The fourth-order valence-corrected chi connectivity index (χ4v) is 2.39. The van der Waals surface area contributed by atoms with Gasteiger partial charge < -0.3 is 9.47 Å². The van der Waals surface area contributed by atoms with E-state index in [-0.39, 0.29) is 11.7 Å². The molecule has 1 rings (SSSR count). The first-order valence-corrected chi connectivity index (χ1v) is 5.67. The molecule has 5 nitrogen and oxygen atoms in total. The van der Waals surface area contributed by atoms with Crippen LogP contribution >= 0.6 is 0 Å². The highest BCUT2D eigenvalue weighted by Crippen LogP contribution is 2.35. The van der Waals surface area contributed by atoms with Crippen molar-refractivity contribution in [1.82, 2.24) is 0 Å². The second-order valence-corrected chi connectivity index (χ2v) is 4.38. The van der Waals surface area contributed by atoms with Crippen molar-refractivity contribution >= 4 is 17.7 Å². The maximum absolute atomic E-state index is 11.6. The molecule has 0 radical (unpaired) electrons. The molecule has 1 saturated carbocycles. The van der Waals surface area contributed by atoms with Gasteiger partial charge >= 0.3 is 11.9 Å². The van der Waals surface area contributed by atoms with Crippen molar-refractivity contribution in [3.8, 4) is 0 Å². The van der Waals surface area contributed by atoms with E-state index < -0.39 is 23.8 Å². The van der Waals surface area contributed by atoms with Crippen LogP contribution in [0, 0.1) is 17.8 Å². The molecule has 5 heteroatoms. The van der Waals surface area contributed by atoms with Crippen molar-refractivity contribution in [2.45, 2.75) is 26.2 Å². The van der Waals surface area contributed by atoms with Crippen LogP contribution in [-0.4, -0.2) is 31.9 Å². The van der Waals surface area contributed by atoms with Crippen molar-refractivity contribution in [1.29, 1.82) is 0 Å². The van der Waals surface area contributed by atoms with E-state index >= 15 is 0 Å². The summed E-state index contributed by atoms with van der Waals surface area (Å²) in [5.41, 5.74) is 0. The van der Waals surface area contributed by atoms with Crippen molar-refractivity contribution in [2.24, 2.45) is 17.8 Å². The van der Waals surface area contributed by atoms with Gasteiger partial charge in [-0.3, -0.25) is 14.4 Å². The topological polar surface area (TPSA) is 69.7 Å². The smallest absolute Gasteiger partial charge is 0.309 e. The van der Waals surface area contributed by atoms with Gasteiger partial charge in [-0.1, -0.05) is 0 Å². The molecule has 0 aliphatic heterocycles. The van der Waals surface area contributed by atoms with E-state index in [9.17, 15) is 14.4 Å². The van der Waals surface area contributed by atoms with Gasteiger partial charge in [-0.25, -0.2) is 0 Å². The molecule has 0 saturated heterocycles. The molecule has 1 aliphatic rings. The maximum Gasteiger partial charge on any atom is 0.309 e. The molecule has 0 aromatic rings. The standard InChI is InChI=1S/C12H18O5/c1-7(13)8-4-5-9(11(14)16-2)10(6-8)12(15)17-3/h8-10H,4-6H2,1-3H3. The fraction of sp³-hybridized carbons (Fsp3) is 0.750. The number of hydrogen-bond donors (Lipinski definition) is 0. The third-order valence-electron chi connectivity index (χ3n) is 3.43. The van der Waals surface area contributed by atoms with E-state index in [2.05, 4.69) is 9.47 Å². The van der Waals surface area contributed by atoms with Crippen LogP contribution < -0.4 is 0 Å². The summed E-state index contributed by atoms with van der Waals surface area (Å²) in [5, 5.41) is 0. The molecule has 1 fully saturated rings. The zero-order valence-electron chi connectivity index (χ0n) is 10.4. The third-order valence-corrected chi connectivity index (χ3v) is 3.43. The zero-order valence-corrected chi connectivity index (χ0v) is 10.4. The van der Waals surface area contributed by atoms with Crippen molar-refractivity contribution in [3.05, 3.63) is 0 Å². The number of rotatable bonds is 3. The average Bonchev–Trinajstić information content (AvgIpc) is 2.35. The summed E-state index contributed by atoms with van der Waals surface area (Å²) >= 11 is 0. The van der Waals surface area contributed by atoms with Gasteiger partial charge in [-0.15, -0.1) is 0 Å². The molecule has 0 heterocycles. The molecule has 1 aliphatic carbocycles. The Morgan fingerprint density at radius 3 is 1.94 bits per heavy atom. The SMILES string of the molecule is COC(=O)C1CCC(C(C)=O)CC1C(=O)OC. The zero-order chi connectivity index (χ0) is 13.0. The Balaban J connectivity index is 2.83. The van der Waals surface area contributed by atoms with Crippen LogP contribution in [0.15, 0.2) is 0 Å². The second-order valence-electron chi connectivity index (χ2n) is 4.38. The lowest BCUT2D eigenvalue weighted by atomic mass is 9.73. The van der Waals surface area contributed by atoms with E-state index in [0.717, 1.165) is 0 Å². The van der Waals surface area contributed by atoms with Gasteiger partial charge in [0.1, 0.15) is 5.78 Å². The Hall–Kier alpha value is -1.39. The Labute approximate surface area is 100 Å². The highest BCUT2D eigenvalue weighted by molar-refractivity contribution is 5.84. The maximum atomic E-state index is 11.6. The van der Waals surface area contributed by atoms with Gasteiger partial charge in [0.2, 0.25) is 0 Å². The predicted molar refractivity (Wildman–Crippen MR) is 59.0 cm³/mol. The minimum atomic E-state index is -0.560. The van der Waals surface area contributed by atoms with Gasteiger partial charge in [0.25, 0.3) is 0 Å². The molecule has 17 heavy (non-hydrogen) atoms. The lowest BCUT2D eigenvalue weighted by Crippen LogP contribution is -2.38. The quantitative estimate of drug-likeness (QED) is 0.689. The Morgan fingerprint density at radius 2 is 1.47 bits per heavy atom. The number of ketones is 1. The number of esters is 2. The van der Waals surface area contributed by atoms with E-state index in [4.69, 9.17) is 0 Å². The minimum Gasteiger partial charge on any atom is -0.469 e. The van der Waals surface area contributed by atoms with Gasteiger partial charge in [0.15, 0.2) is 0 Å². The monoisotopic (exact) mass is 242 g/mol. The summed E-state index contributed by atoms with van der Waals surface area (Å²) in [6.45, 7) is 1.51. The highest BCUT2D eigenvalue weighted by Gasteiger charge is 2.41. The number of carbonyl (C=O) groups excluding carboxylic acids is 3. The first kappa shape index (κ1) is 13.7. The molecule has 3 atom stereocenters. The molecule has 0 amide bonds. The van der Waals surface area contributed by atoms with Crippen LogP contribution in [0.1, 0.15) is 26.2 Å². The van der Waals surface area contributed by atoms with Crippen LogP contribution in [0.5, 0.6) is 0 Å².